The van der Waals surface area contributed by atoms with Gasteiger partial charge in [-0.2, -0.15) is 8.42 Å². The second-order valence-corrected chi connectivity index (χ2v) is 19.8. The number of aliphatic hydroxyl groups excluding tert-OH is 1. The summed E-state index contributed by atoms with van der Waals surface area (Å²) in [7, 11) is -3.17. The van der Waals surface area contributed by atoms with Crippen molar-refractivity contribution in [2.24, 2.45) is 16.6 Å². The largest absolute Gasteiger partial charge is 0.504 e. The number of pyridine rings is 1. The zero-order chi connectivity index (χ0) is 53.4. The number of nitrogens with one attached hydrogen (secondary N) is 4. The van der Waals surface area contributed by atoms with Gasteiger partial charge in [0.25, 0.3) is 16.1 Å². The van der Waals surface area contributed by atoms with Crippen LogP contribution >= 0.6 is 0 Å². The Bertz CT molecular complexity index is 2790. The number of nitrogen functional groups attached to an aromatic ring is 1. The van der Waals surface area contributed by atoms with Crippen LogP contribution in [0.1, 0.15) is 79.2 Å². The van der Waals surface area contributed by atoms with Crippen LogP contribution in [0.2, 0.25) is 0 Å². The molecule has 72 heavy (non-hydrogen) atoms. The molecule has 0 saturated carbocycles. The molecule has 1 aromatic heterocycles. The number of hydrogen-bond acceptors (Lipinski definition) is 15. The number of carboxylic acid groups (broad SMARTS) is 1. The van der Waals surface area contributed by atoms with Gasteiger partial charge in [-0.25, -0.2) is 24.0 Å². The van der Waals surface area contributed by atoms with Crippen molar-refractivity contribution in [2.45, 2.75) is 89.6 Å². The highest BCUT2D eigenvalue weighted by Crippen LogP contribution is 2.45. The molecule has 0 saturated heterocycles. The lowest BCUT2D eigenvalue weighted by molar-refractivity contribution is -0.143. The summed E-state index contributed by atoms with van der Waals surface area (Å²) in [6.07, 6.45) is -1.56. The average Bonchev–Trinajstić information content (AvgIpc) is 3.29. The fraction of sp³-hybridized carbons (Fsp3) is 0.417. The summed E-state index contributed by atoms with van der Waals surface area (Å²) in [5.41, 5.74) is 18.7. The number of aliphatic hydroxyl groups is 1. The van der Waals surface area contributed by atoms with Crippen molar-refractivity contribution in [3.05, 3.63) is 88.2 Å². The number of aromatic hydroxyl groups is 1. The van der Waals surface area contributed by atoms with Gasteiger partial charge >= 0.3 is 5.97 Å². The Morgan fingerprint density at radius 1 is 0.986 bits per heavy atom. The average molecular weight is 1020 g/mol. The van der Waals surface area contributed by atoms with Crippen LogP contribution in [0.3, 0.4) is 0 Å². The molecule has 1 aliphatic rings. The minimum absolute atomic E-state index is 0.0527. The van der Waals surface area contributed by atoms with Crippen LogP contribution < -0.4 is 52.5 Å². The van der Waals surface area contributed by atoms with Crippen LogP contribution in [-0.2, 0) is 41.2 Å². The molecule has 3 aromatic carbocycles. The van der Waals surface area contributed by atoms with Crippen LogP contribution in [0, 0.1) is 12.7 Å². The molecule has 0 fully saturated rings. The fourth-order valence-electron chi connectivity index (χ4n) is 7.83. The van der Waals surface area contributed by atoms with Gasteiger partial charge in [0, 0.05) is 43.2 Å². The predicted octanol–water partition coefficient (Wildman–Crippen LogP) is 0.986. The third-order valence-electron chi connectivity index (χ3n) is 11.8. The molecule has 0 unspecified atom stereocenters. The Hall–Kier alpha value is -6.96. The minimum Gasteiger partial charge on any atom is -0.504 e. The number of carbonyl (C=O) groups is 5. The Kier molecular flexibility index (Phi) is 18.3. The molecular weight excluding hydrogens is 960 g/mol. The maximum Gasteiger partial charge on any atom is 0.326 e. The topological polar surface area (TPSA) is 367 Å². The first-order valence-corrected chi connectivity index (χ1v) is 24.4. The molecule has 5 rings (SSSR count). The number of carboxylic acids is 1. The Morgan fingerprint density at radius 2 is 1.69 bits per heavy atom. The molecular formula is C48H63FN10O12S. The lowest BCUT2D eigenvalue weighted by Gasteiger charge is -2.33. The lowest BCUT2D eigenvalue weighted by atomic mass is 9.86. The number of anilines is 1. The first-order valence-electron chi connectivity index (χ1n) is 22.8. The predicted molar refractivity (Wildman–Crippen MR) is 264 cm³/mol. The Labute approximate surface area is 416 Å². The number of phenols is 1. The third kappa shape index (κ3) is 13.9. The summed E-state index contributed by atoms with van der Waals surface area (Å²) < 4.78 is 53.5. The summed E-state index contributed by atoms with van der Waals surface area (Å²) in [6, 6.07) is 6.81. The van der Waals surface area contributed by atoms with E-state index in [1.54, 1.807) is 18.2 Å². The van der Waals surface area contributed by atoms with Gasteiger partial charge in [-0.05, 0) is 103 Å². The molecule has 1 aliphatic heterocycles. The zero-order valence-electron chi connectivity index (χ0n) is 40.7. The van der Waals surface area contributed by atoms with Crippen molar-refractivity contribution in [2.75, 3.05) is 45.6 Å². The lowest BCUT2D eigenvalue weighted by Crippen LogP contribution is -2.55. The number of fused-ring (bicyclic) bond motifs is 5. The Morgan fingerprint density at radius 3 is 2.31 bits per heavy atom. The van der Waals surface area contributed by atoms with E-state index in [-0.39, 0.29) is 87.9 Å². The molecule has 390 valence electrons. The molecule has 15 N–H and O–H groups in total. The van der Waals surface area contributed by atoms with Gasteiger partial charge in [0.1, 0.15) is 54.3 Å². The van der Waals surface area contributed by atoms with E-state index in [1.165, 1.54) is 57.3 Å². The smallest absolute Gasteiger partial charge is 0.326 e. The number of phenolic OH excluding ortho intramolecular Hbond substituents is 1. The number of aromatic nitrogens is 1. The number of nitrogens with zero attached hydrogens (tertiary/aromatic N) is 2. The quantitative estimate of drug-likeness (QED) is 0.0619. The molecule has 4 bridgehead atoms. The fourth-order valence-corrected chi connectivity index (χ4v) is 8.23. The van der Waals surface area contributed by atoms with Crippen LogP contribution in [0.25, 0.3) is 22.4 Å². The number of aliphatic carboxylic acids is 1. The summed E-state index contributed by atoms with van der Waals surface area (Å²) in [5.74, 6) is -6.95. The number of aryl methyl sites for hydroxylation is 1. The van der Waals surface area contributed by atoms with Crippen LogP contribution in [0.15, 0.2) is 54.6 Å². The molecule has 0 radical (unpaired) electrons. The van der Waals surface area contributed by atoms with E-state index >= 15 is 4.39 Å². The summed E-state index contributed by atoms with van der Waals surface area (Å²) in [4.78, 5) is 75.3. The van der Waals surface area contributed by atoms with Crippen molar-refractivity contribution in [3.63, 3.8) is 0 Å². The van der Waals surface area contributed by atoms with E-state index in [2.05, 4.69) is 25.7 Å². The second kappa shape index (κ2) is 23.5. The SMILES string of the molecule is Cc1cc(-c2ccc(C(C)(C)C)cc2F)nc(N)c1C(=O)N[C@@H](CCNS(N)(=O)=O)C(=O)N(C)[C@@H]1C(=O)N[C@@H](C)C(=O)N[C@H](C(=O)O)Cc2ccc(OCCCN)c(c2)-c2cc1cc(OC[C@H](O)CN)c2O. The highest BCUT2D eigenvalue weighted by Gasteiger charge is 2.37. The number of ether oxygens (including phenoxy) is 2. The van der Waals surface area contributed by atoms with Gasteiger partial charge in [0.05, 0.1) is 17.9 Å². The molecule has 0 spiro atoms. The van der Waals surface area contributed by atoms with Crippen LogP contribution in [-0.4, -0.2) is 127 Å². The van der Waals surface area contributed by atoms with Gasteiger partial charge in [-0.3, -0.25) is 19.2 Å². The van der Waals surface area contributed by atoms with Gasteiger partial charge in [0.2, 0.25) is 17.7 Å². The van der Waals surface area contributed by atoms with Crippen LogP contribution in [0.5, 0.6) is 17.2 Å². The number of hydrogen-bond donors (Lipinski definition) is 11. The number of amides is 4. The third-order valence-corrected chi connectivity index (χ3v) is 12.4. The van der Waals surface area contributed by atoms with Crippen molar-refractivity contribution in [1.29, 1.82) is 0 Å². The monoisotopic (exact) mass is 1020 g/mol. The molecule has 5 atom stereocenters. The highest BCUT2D eigenvalue weighted by molar-refractivity contribution is 7.87. The van der Waals surface area contributed by atoms with Crippen molar-refractivity contribution in [1.82, 2.24) is 30.6 Å². The molecule has 4 aromatic rings. The molecule has 4 amide bonds. The number of benzene rings is 3. The van der Waals surface area contributed by atoms with Crippen molar-refractivity contribution in [3.8, 4) is 39.6 Å². The molecule has 24 heteroatoms. The number of nitrogens with two attached hydrogens (primary N) is 4. The van der Waals surface area contributed by atoms with Crippen LogP contribution in [0.4, 0.5) is 10.2 Å². The van der Waals surface area contributed by atoms with E-state index in [1.807, 2.05) is 20.8 Å². The normalized spacial score (nSPS) is 17.1. The number of likely N-dealkylation sites (N-methyl/N-ethyl adjacent to an activating group) is 1. The zero-order valence-corrected chi connectivity index (χ0v) is 41.6. The van der Waals surface area contributed by atoms with Gasteiger partial charge in [-0.1, -0.05) is 32.9 Å². The number of halogens is 1. The van der Waals surface area contributed by atoms with Crippen molar-refractivity contribution >= 4 is 45.6 Å². The highest BCUT2D eigenvalue weighted by atomic mass is 32.2. The second-order valence-electron chi connectivity index (χ2n) is 18.4. The van der Waals surface area contributed by atoms with E-state index in [4.69, 9.17) is 31.8 Å². The minimum atomic E-state index is -4.34. The maximum atomic E-state index is 15.5. The van der Waals surface area contributed by atoms with E-state index < -0.39 is 101 Å². The summed E-state index contributed by atoms with van der Waals surface area (Å²) in [5, 5.41) is 45.2. The number of rotatable bonds is 18. The van der Waals surface area contributed by atoms with E-state index in [9.17, 15) is 47.7 Å². The van der Waals surface area contributed by atoms with Gasteiger partial charge < -0.3 is 62.8 Å². The first kappa shape index (κ1) is 56.0. The van der Waals surface area contributed by atoms with Crippen molar-refractivity contribution < 1.29 is 61.6 Å². The maximum absolute atomic E-state index is 15.5. The first-order chi connectivity index (χ1) is 33.7. The van der Waals surface area contributed by atoms with E-state index in [0.29, 0.717) is 12.0 Å². The summed E-state index contributed by atoms with van der Waals surface area (Å²) in [6.45, 7) is 7.70. The Balaban J connectivity index is 1.67. The van der Waals surface area contributed by atoms with Gasteiger partial charge in [-0.15, -0.1) is 0 Å². The summed E-state index contributed by atoms with van der Waals surface area (Å²) >= 11 is 0. The van der Waals surface area contributed by atoms with E-state index in [0.717, 1.165) is 10.5 Å². The molecule has 2 heterocycles. The van der Waals surface area contributed by atoms with Gasteiger partial charge in [0.15, 0.2) is 11.5 Å². The standard InChI is InChI=1S/C48H63FN10O12S/c1-24-16-35(30-10-9-28(21-33(30)49)48(3,4)5)56-42(52)39(24)44(63)57-34(12-14-54-72(53,68)69)46(65)59(6)40-27-19-32(41(61)38(20-27)71-23-29(60)22-51)31-17-26(8-11-37(31)70-15-7-13-50)18-36(47(66)67)58-43(62)25(2)55-45(40)64/h8-11,16-17,19-21,25,29,34,36,40,54,60-61H,7,12-15,18,22-23,50-51H2,1-6H3,(H2,52,56)(H,55,64)(H,57,63)(H,58,62)(H,66,67)(H2,53,68,69)/t25-,29+,34-,36-,40-/m0/s1. The molecule has 0 aliphatic carbocycles. The molecule has 22 nitrogen and oxygen atoms in total. The number of carbonyl (C=O) groups excluding carboxylic acids is 4.